The molecule has 2 heterocycles. The third kappa shape index (κ3) is 5.01. The van der Waals surface area contributed by atoms with Gasteiger partial charge in [0.15, 0.2) is 4.34 Å². The predicted octanol–water partition coefficient (Wildman–Crippen LogP) is 4.22. The van der Waals surface area contributed by atoms with E-state index >= 15 is 0 Å². The number of aryl methyl sites for hydroxylation is 1. The van der Waals surface area contributed by atoms with Crippen LogP contribution in [0.4, 0.5) is 0 Å². The summed E-state index contributed by atoms with van der Waals surface area (Å²) in [7, 11) is 0. The molecular weight excluding hydrogens is 276 g/mol. The van der Waals surface area contributed by atoms with Crippen LogP contribution in [-0.4, -0.2) is 10.5 Å². The first kappa shape index (κ1) is 14.6. The Morgan fingerprint density at radius 3 is 2.68 bits per heavy atom. The smallest absolute Gasteiger partial charge is 0.150 e. The average Bonchev–Trinajstić information content (AvgIpc) is 2.92. The molecule has 0 aromatic carbocycles. The molecule has 0 unspecified atom stereocenters. The van der Waals surface area contributed by atoms with Crippen LogP contribution in [0.25, 0.3) is 0 Å². The summed E-state index contributed by atoms with van der Waals surface area (Å²) in [4.78, 5) is 4.43. The van der Waals surface area contributed by atoms with Gasteiger partial charge in [-0.25, -0.2) is 4.98 Å². The highest BCUT2D eigenvalue weighted by molar-refractivity contribution is 8.00. The van der Waals surface area contributed by atoms with Gasteiger partial charge in [-0.3, -0.25) is 0 Å². The number of thioether (sulfide) groups is 1. The summed E-state index contributed by atoms with van der Waals surface area (Å²) in [6.45, 7) is 9.24. The van der Waals surface area contributed by atoms with Gasteiger partial charge in [0, 0.05) is 16.6 Å². The van der Waals surface area contributed by atoms with E-state index in [9.17, 15) is 0 Å². The Morgan fingerprint density at radius 2 is 2.05 bits per heavy atom. The van der Waals surface area contributed by atoms with Crippen LogP contribution in [0.2, 0.25) is 0 Å². The van der Waals surface area contributed by atoms with Gasteiger partial charge in [0.05, 0.1) is 12.3 Å². The molecule has 0 saturated heterocycles. The Kier molecular flexibility index (Phi) is 4.71. The second kappa shape index (κ2) is 6.11. The SMILES string of the molecule is Cc1csc(SCc2ccc(CNC(C)(C)C)o2)n1. The highest BCUT2D eigenvalue weighted by Gasteiger charge is 2.10. The van der Waals surface area contributed by atoms with E-state index in [1.807, 2.05) is 19.1 Å². The quantitative estimate of drug-likeness (QED) is 0.838. The van der Waals surface area contributed by atoms with E-state index in [-0.39, 0.29) is 5.54 Å². The molecule has 2 aromatic heterocycles. The van der Waals surface area contributed by atoms with Crippen molar-refractivity contribution in [2.24, 2.45) is 0 Å². The Balaban J connectivity index is 1.84. The molecule has 1 N–H and O–H groups in total. The number of rotatable bonds is 5. The van der Waals surface area contributed by atoms with Crippen molar-refractivity contribution in [3.63, 3.8) is 0 Å². The largest absolute Gasteiger partial charge is 0.464 e. The molecule has 0 spiro atoms. The first-order chi connectivity index (χ1) is 8.92. The van der Waals surface area contributed by atoms with E-state index in [0.29, 0.717) is 0 Å². The lowest BCUT2D eigenvalue weighted by molar-refractivity contribution is 0.382. The maximum Gasteiger partial charge on any atom is 0.150 e. The Hall–Kier alpha value is -0.780. The lowest BCUT2D eigenvalue weighted by Gasteiger charge is -2.19. The second-order valence-corrected chi connectivity index (χ2v) is 7.60. The van der Waals surface area contributed by atoms with Crippen LogP contribution in [0.3, 0.4) is 0 Å². The van der Waals surface area contributed by atoms with E-state index in [1.54, 1.807) is 23.1 Å². The van der Waals surface area contributed by atoms with Gasteiger partial charge in [-0.2, -0.15) is 0 Å². The number of furan rings is 1. The fourth-order valence-corrected chi connectivity index (χ4v) is 3.22. The van der Waals surface area contributed by atoms with Gasteiger partial charge < -0.3 is 9.73 Å². The molecule has 104 valence electrons. The van der Waals surface area contributed by atoms with Gasteiger partial charge in [-0.05, 0) is 39.8 Å². The van der Waals surface area contributed by atoms with Crippen LogP contribution < -0.4 is 5.32 Å². The van der Waals surface area contributed by atoms with Crippen LogP contribution in [0.15, 0.2) is 26.3 Å². The predicted molar refractivity (Wildman–Crippen MR) is 81.7 cm³/mol. The molecule has 0 aliphatic heterocycles. The van der Waals surface area contributed by atoms with Crippen molar-refractivity contribution in [1.82, 2.24) is 10.3 Å². The van der Waals surface area contributed by atoms with Crippen molar-refractivity contribution < 1.29 is 4.42 Å². The third-order valence-corrected chi connectivity index (χ3v) is 4.61. The minimum Gasteiger partial charge on any atom is -0.464 e. The maximum atomic E-state index is 5.80. The molecule has 0 fully saturated rings. The molecule has 0 bridgehead atoms. The van der Waals surface area contributed by atoms with Gasteiger partial charge in [0.2, 0.25) is 0 Å². The van der Waals surface area contributed by atoms with E-state index < -0.39 is 0 Å². The number of aromatic nitrogens is 1. The molecule has 0 aliphatic rings. The standard InChI is InChI=1S/C14H20N2OS2/c1-10-8-18-13(16-10)19-9-12-6-5-11(17-12)7-15-14(2,3)4/h5-6,8,15H,7,9H2,1-4H3. The molecule has 0 aliphatic carbocycles. The first-order valence-electron chi connectivity index (χ1n) is 6.30. The van der Waals surface area contributed by atoms with Gasteiger partial charge in [0.25, 0.3) is 0 Å². The number of nitrogens with zero attached hydrogens (tertiary/aromatic N) is 1. The average molecular weight is 296 g/mol. The zero-order valence-electron chi connectivity index (χ0n) is 11.8. The van der Waals surface area contributed by atoms with Gasteiger partial charge in [-0.1, -0.05) is 11.8 Å². The molecule has 2 rings (SSSR count). The van der Waals surface area contributed by atoms with E-state index in [4.69, 9.17) is 4.42 Å². The summed E-state index contributed by atoms with van der Waals surface area (Å²) in [5.74, 6) is 2.83. The van der Waals surface area contributed by atoms with Crippen LogP contribution in [0.5, 0.6) is 0 Å². The topological polar surface area (TPSA) is 38.1 Å². The van der Waals surface area contributed by atoms with Crippen molar-refractivity contribution in [3.05, 3.63) is 34.7 Å². The molecular formula is C14H20N2OS2. The van der Waals surface area contributed by atoms with Crippen LogP contribution in [0, 0.1) is 6.92 Å². The zero-order chi connectivity index (χ0) is 13.9. The first-order valence-corrected chi connectivity index (χ1v) is 8.16. The molecule has 0 saturated carbocycles. The third-order valence-electron chi connectivity index (χ3n) is 2.45. The van der Waals surface area contributed by atoms with Gasteiger partial charge >= 0.3 is 0 Å². The molecule has 5 heteroatoms. The fourth-order valence-electron chi connectivity index (χ4n) is 1.48. The molecule has 2 aromatic rings. The highest BCUT2D eigenvalue weighted by Crippen LogP contribution is 2.26. The normalized spacial score (nSPS) is 12.0. The zero-order valence-corrected chi connectivity index (χ0v) is 13.5. The summed E-state index contributed by atoms with van der Waals surface area (Å²) >= 11 is 3.41. The summed E-state index contributed by atoms with van der Waals surface area (Å²) in [5, 5.41) is 5.49. The van der Waals surface area contributed by atoms with Crippen molar-refractivity contribution >= 4 is 23.1 Å². The van der Waals surface area contributed by atoms with Crippen LogP contribution in [-0.2, 0) is 12.3 Å². The minimum absolute atomic E-state index is 0.111. The summed E-state index contributed by atoms with van der Waals surface area (Å²) in [5.41, 5.74) is 1.20. The van der Waals surface area contributed by atoms with Crippen molar-refractivity contribution in [2.75, 3.05) is 0 Å². The van der Waals surface area contributed by atoms with Gasteiger partial charge in [-0.15, -0.1) is 11.3 Å². The highest BCUT2D eigenvalue weighted by atomic mass is 32.2. The van der Waals surface area contributed by atoms with Crippen molar-refractivity contribution in [2.45, 2.75) is 49.9 Å². The summed E-state index contributed by atoms with van der Waals surface area (Å²) in [6, 6.07) is 4.09. The molecule has 0 radical (unpaired) electrons. The molecule has 0 atom stereocenters. The van der Waals surface area contributed by atoms with E-state index in [1.165, 1.54) is 0 Å². The number of thiazole rings is 1. The Labute approximate surface area is 122 Å². The molecule has 0 amide bonds. The van der Waals surface area contributed by atoms with Crippen molar-refractivity contribution in [1.29, 1.82) is 0 Å². The summed E-state index contributed by atoms with van der Waals surface area (Å²) < 4.78 is 6.90. The van der Waals surface area contributed by atoms with Gasteiger partial charge in [0.1, 0.15) is 11.5 Å². The maximum absolute atomic E-state index is 5.80. The Bertz CT molecular complexity index is 526. The fraction of sp³-hybridized carbons (Fsp3) is 0.500. The van der Waals surface area contributed by atoms with Crippen LogP contribution >= 0.6 is 23.1 Å². The number of hydrogen-bond acceptors (Lipinski definition) is 5. The minimum atomic E-state index is 0.111. The monoisotopic (exact) mass is 296 g/mol. The number of hydrogen-bond donors (Lipinski definition) is 1. The van der Waals surface area contributed by atoms with E-state index in [0.717, 1.165) is 33.9 Å². The van der Waals surface area contributed by atoms with Crippen molar-refractivity contribution in [3.8, 4) is 0 Å². The molecule has 19 heavy (non-hydrogen) atoms. The Morgan fingerprint density at radius 1 is 1.32 bits per heavy atom. The lowest BCUT2D eigenvalue weighted by atomic mass is 10.1. The van der Waals surface area contributed by atoms with E-state index in [2.05, 4.69) is 36.5 Å². The lowest BCUT2D eigenvalue weighted by Crippen LogP contribution is -2.34. The summed E-state index contributed by atoms with van der Waals surface area (Å²) in [6.07, 6.45) is 0. The number of nitrogens with one attached hydrogen (secondary N) is 1. The molecule has 3 nitrogen and oxygen atoms in total. The van der Waals surface area contributed by atoms with Crippen LogP contribution in [0.1, 0.15) is 38.0 Å². The second-order valence-electron chi connectivity index (χ2n) is 5.52.